The molecule has 0 rings (SSSR count). The van der Waals surface area contributed by atoms with Crippen LogP contribution in [0, 0.1) is 0 Å². The van der Waals surface area contributed by atoms with E-state index in [4.69, 9.17) is 0 Å². The largest absolute Gasteiger partial charge is 0.313 e. The summed E-state index contributed by atoms with van der Waals surface area (Å²) in [5.41, 5.74) is 0. The van der Waals surface area contributed by atoms with Gasteiger partial charge in [0.15, 0.2) is 0 Å². The molecule has 0 aromatic heterocycles. The maximum atomic E-state index is 12.3. The van der Waals surface area contributed by atoms with Crippen LogP contribution in [0.2, 0.25) is 0 Å². The first kappa shape index (κ1) is 19.6. The van der Waals surface area contributed by atoms with E-state index < -0.39 is 0 Å². The van der Waals surface area contributed by atoms with Gasteiger partial charge < -0.3 is 0 Å². The van der Waals surface area contributed by atoms with Crippen LogP contribution in [0.5, 0.6) is 0 Å². The Bertz CT molecular complexity index is 225. The predicted octanol–water partition coefficient (Wildman–Crippen LogP) is 5.31. The van der Waals surface area contributed by atoms with E-state index in [-0.39, 0.29) is 0 Å². The van der Waals surface area contributed by atoms with Gasteiger partial charge in [0.1, 0.15) is 0 Å². The summed E-state index contributed by atoms with van der Waals surface area (Å²) in [7, 11) is 0. The smallest absolute Gasteiger partial charge is 0.261 e. The molecule has 0 heterocycles. The molecule has 0 fully saturated rings. The van der Waals surface area contributed by atoms with Crippen molar-refractivity contribution in [2.45, 2.75) is 91.9 Å². The first-order chi connectivity index (χ1) is 9.66. The molecular weight excluding hydrogens is 246 g/mol. The van der Waals surface area contributed by atoms with Gasteiger partial charge in [-0.1, -0.05) is 58.3 Å². The van der Waals surface area contributed by atoms with Crippen molar-refractivity contribution >= 4 is 5.91 Å². The highest BCUT2D eigenvalue weighted by Gasteiger charge is 2.29. The molecular formula is C18H38NO+. The van der Waals surface area contributed by atoms with Gasteiger partial charge in [0, 0.05) is 0 Å². The van der Waals surface area contributed by atoms with Crippen LogP contribution in [0.25, 0.3) is 0 Å². The lowest BCUT2D eigenvalue weighted by atomic mass is 10.1. The van der Waals surface area contributed by atoms with E-state index in [0.717, 1.165) is 32.5 Å². The fraction of sp³-hybridized carbons (Fsp3) is 0.944. The monoisotopic (exact) mass is 284 g/mol. The van der Waals surface area contributed by atoms with Crippen LogP contribution in [0.3, 0.4) is 0 Å². The van der Waals surface area contributed by atoms with Gasteiger partial charge in [0.2, 0.25) is 0 Å². The first-order valence-corrected chi connectivity index (χ1v) is 9.06. The molecule has 0 aliphatic rings. The van der Waals surface area contributed by atoms with Crippen LogP contribution < -0.4 is 0 Å². The molecule has 1 amide bonds. The third kappa shape index (κ3) is 7.42. The fourth-order valence-electron chi connectivity index (χ4n) is 3.02. The van der Waals surface area contributed by atoms with Crippen molar-refractivity contribution in [3.8, 4) is 0 Å². The van der Waals surface area contributed by atoms with Gasteiger partial charge in [0.05, 0.1) is 26.1 Å². The molecule has 0 unspecified atom stereocenters. The standard InChI is InChI=1S/C18H38NO/c1-5-9-10-11-12-13-14-15-16-17-18(20)19(6-2,7-3)8-4/h5-17H2,1-4H3/q+1. The summed E-state index contributed by atoms with van der Waals surface area (Å²) in [5, 5.41) is 0. The summed E-state index contributed by atoms with van der Waals surface area (Å²) in [6.45, 7) is 11.5. The second-order valence-electron chi connectivity index (χ2n) is 6.07. The van der Waals surface area contributed by atoms with E-state index in [1.54, 1.807) is 0 Å². The van der Waals surface area contributed by atoms with Crippen molar-refractivity contribution in [1.82, 2.24) is 0 Å². The van der Waals surface area contributed by atoms with E-state index in [1.807, 2.05) is 0 Å². The summed E-state index contributed by atoms with van der Waals surface area (Å²) < 4.78 is 0.678. The average molecular weight is 285 g/mol. The molecule has 2 nitrogen and oxygen atoms in total. The molecule has 0 aromatic rings. The van der Waals surface area contributed by atoms with Gasteiger partial charge in [-0.2, -0.15) is 0 Å². The number of unbranched alkanes of at least 4 members (excludes halogenated alkanes) is 8. The molecule has 20 heavy (non-hydrogen) atoms. The summed E-state index contributed by atoms with van der Waals surface area (Å²) in [6, 6.07) is 0. The van der Waals surface area contributed by atoms with Gasteiger partial charge >= 0.3 is 5.91 Å². The third-order valence-corrected chi connectivity index (χ3v) is 4.84. The minimum atomic E-state index is 0.459. The van der Waals surface area contributed by atoms with Gasteiger partial charge in [-0.15, -0.1) is 0 Å². The number of carbonyl (C=O) groups excluding carboxylic acids is 1. The molecule has 0 saturated heterocycles. The second-order valence-corrected chi connectivity index (χ2v) is 6.07. The third-order valence-electron chi connectivity index (χ3n) is 4.84. The van der Waals surface area contributed by atoms with Crippen molar-refractivity contribution in [2.24, 2.45) is 0 Å². The van der Waals surface area contributed by atoms with Crippen LogP contribution in [0.15, 0.2) is 0 Å². The SMILES string of the molecule is CCCCCCCCCCCC(=O)[N+](CC)(CC)CC. The minimum absolute atomic E-state index is 0.459. The van der Waals surface area contributed by atoms with Crippen LogP contribution in [0.4, 0.5) is 0 Å². The van der Waals surface area contributed by atoms with Gasteiger partial charge in [0.25, 0.3) is 0 Å². The highest BCUT2D eigenvalue weighted by Crippen LogP contribution is 2.14. The highest BCUT2D eigenvalue weighted by molar-refractivity contribution is 5.68. The fourth-order valence-corrected chi connectivity index (χ4v) is 3.02. The predicted molar refractivity (Wildman–Crippen MR) is 88.7 cm³/mol. The topological polar surface area (TPSA) is 17.1 Å². The van der Waals surface area contributed by atoms with Crippen molar-refractivity contribution in [3.05, 3.63) is 0 Å². The minimum Gasteiger partial charge on any atom is -0.261 e. The number of hydrogen-bond acceptors (Lipinski definition) is 1. The van der Waals surface area contributed by atoms with Crippen molar-refractivity contribution < 1.29 is 9.28 Å². The Hall–Kier alpha value is -0.370. The van der Waals surface area contributed by atoms with E-state index in [9.17, 15) is 4.79 Å². The Kier molecular flexibility index (Phi) is 12.1. The number of rotatable bonds is 13. The van der Waals surface area contributed by atoms with Gasteiger partial charge in [-0.3, -0.25) is 4.48 Å². The van der Waals surface area contributed by atoms with Crippen LogP contribution in [0.1, 0.15) is 91.9 Å². The Balaban J connectivity index is 3.61. The van der Waals surface area contributed by atoms with E-state index >= 15 is 0 Å². The molecule has 0 bridgehead atoms. The van der Waals surface area contributed by atoms with Crippen LogP contribution >= 0.6 is 0 Å². The molecule has 0 spiro atoms. The Morgan fingerprint density at radius 1 is 0.650 bits per heavy atom. The van der Waals surface area contributed by atoms with Crippen molar-refractivity contribution in [2.75, 3.05) is 19.6 Å². The molecule has 0 atom stereocenters. The van der Waals surface area contributed by atoms with Crippen molar-refractivity contribution in [3.63, 3.8) is 0 Å². The lowest BCUT2D eigenvalue weighted by molar-refractivity contribution is -0.849. The van der Waals surface area contributed by atoms with E-state index in [0.29, 0.717) is 10.4 Å². The average Bonchev–Trinajstić information content (AvgIpc) is 2.48. The van der Waals surface area contributed by atoms with Crippen molar-refractivity contribution in [1.29, 1.82) is 0 Å². The first-order valence-electron chi connectivity index (χ1n) is 9.06. The molecule has 0 saturated carbocycles. The zero-order valence-corrected chi connectivity index (χ0v) is 14.5. The number of quaternary nitrogens is 1. The van der Waals surface area contributed by atoms with Crippen LogP contribution in [-0.2, 0) is 4.79 Å². The molecule has 0 N–H and O–H groups in total. The van der Waals surface area contributed by atoms with Gasteiger partial charge in [-0.25, -0.2) is 4.79 Å². The molecule has 0 aromatic carbocycles. The summed E-state index contributed by atoms with van der Waals surface area (Å²) >= 11 is 0. The zero-order valence-electron chi connectivity index (χ0n) is 14.5. The maximum absolute atomic E-state index is 12.3. The van der Waals surface area contributed by atoms with E-state index in [1.165, 1.54) is 51.4 Å². The Morgan fingerprint density at radius 2 is 1.05 bits per heavy atom. The molecule has 0 aliphatic heterocycles. The van der Waals surface area contributed by atoms with E-state index in [2.05, 4.69) is 27.7 Å². The number of nitrogens with zero attached hydrogens (tertiary/aromatic N) is 1. The molecule has 120 valence electrons. The number of carbonyl (C=O) groups is 1. The zero-order chi connectivity index (χ0) is 15.3. The summed E-state index contributed by atoms with van der Waals surface area (Å²) in [6.07, 6.45) is 12.7. The number of amides is 1. The molecule has 2 heteroatoms. The Morgan fingerprint density at radius 3 is 1.45 bits per heavy atom. The lowest BCUT2D eigenvalue weighted by Gasteiger charge is -2.32. The maximum Gasteiger partial charge on any atom is 0.313 e. The van der Waals surface area contributed by atoms with Gasteiger partial charge in [-0.05, 0) is 27.2 Å². The summed E-state index contributed by atoms with van der Waals surface area (Å²) in [5.74, 6) is 0.459. The second kappa shape index (κ2) is 12.4. The summed E-state index contributed by atoms with van der Waals surface area (Å²) in [4.78, 5) is 12.3. The molecule has 0 aliphatic carbocycles. The highest BCUT2D eigenvalue weighted by atomic mass is 16.2. The molecule has 0 radical (unpaired) electrons. The normalized spacial score (nSPS) is 11.8. The quantitative estimate of drug-likeness (QED) is 0.331. The van der Waals surface area contributed by atoms with Crippen LogP contribution in [-0.4, -0.2) is 30.0 Å². The Labute approximate surface area is 127 Å². The lowest BCUT2D eigenvalue weighted by Crippen LogP contribution is -2.52. The number of hydrogen-bond donors (Lipinski definition) is 0.